The monoisotopic (exact) mass is 349 g/mol. The van der Waals surface area contributed by atoms with Gasteiger partial charge in [0.1, 0.15) is 6.04 Å². The number of nitriles is 1. The summed E-state index contributed by atoms with van der Waals surface area (Å²) in [5.74, 6) is -0.668. The minimum atomic E-state index is -0.736. The molecule has 132 valence electrons. The van der Waals surface area contributed by atoms with Crippen molar-refractivity contribution in [2.24, 2.45) is 10.3 Å². The highest BCUT2D eigenvalue weighted by molar-refractivity contribution is 5.86. The Balaban J connectivity index is 2.08. The first-order chi connectivity index (χ1) is 12.5. The minimum absolute atomic E-state index is 0.295. The highest BCUT2D eigenvalue weighted by Crippen LogP contribution is 2.14. The summed E-state index contributed by atoms with van der Waals surface area (Å²) in [4.78, 5) is 24.1. The molecule has 0 heterocycles. The molecule has 1 atom stereocenters. The molecule has 0 saturated heterocycles. The number of benzene rings is 2. The number of rotatable bonds is 6. The Bertz CT molecular complexity index is 825. The average molecular weight is 349 g/mol. The molecule has 1 N–H and O–H groups in total. The summed E-state index contributed by atoms with van der Waals surface area (Å²) in [6.07, 6.45) is 0.357. The second-order valence-corrected chi connectivity index (χ2v) is 5.65. The molecule has 2 rings (SSSR count). The molecule has 26 heavy (non-hydrogen) atoms. The number of likely N-dealkylation sites (N-methyl/N-ethyl adjacent to an activating group) is 1. The molecule has 7 nitrogen and oxygen atoms in total. The first kappa shape index (κ1) is 18.8. The van der Waals surface area contributed by atoms with E-state index in [1.807, 2.05) is 36.4 Å². The van der Waals surface area contributed by atoms with Crippen LogP contribution in [0.1, 0.15) is 18.1 Å². The molecule has 2 aromatic rings. The van der Waals surface area contributed by atoms with Gasteiger partial charge < -0.3 is 5.32 Å². The lowest BCUT2D eigenvalue weighted by Gasteiger charge is -2.20. The van der Waals surface area contributed by atoms with Crippen molar-refractivity contribution in [2.75, 3.05) is 7.05 Å². The van der Waals surface area contributed by atoms with Crippen molar-refractivity contribution in [2.45, 2.75) is 19.4 Å². The Morgan fingerprint density at radius 3 is 2.38 bits per heavy atom. The van der Waals surface area contributed by atoms with Crippen molar-refractivity contribution in [3.05, 3.63) is 65.7 Å². The van der Waals surface area contributed by atoms with Crippen LogP contribution in [0.3, 0.4) is 0 Å². The highest BCUT2D eigenvalue weighted by atomic mass is 16.2. The number of carbonyl (C=O) groups excluding carboxylic acids is 2. The molecule has 7 heteroatoms. The topological polar surface area (TPSA) is 97.9 Å². The van der Waals surface area contributed by atoms with Gasteiger partial charge in [0, 0.05) is 20.4 Å². The van der Waals surface area contributed by atoms with Crippen molar-refractivity contribution < 1.29 is 9.59 Å². The Morgan fingerprint density at radius 1 is 1.15 bits per heavy atom. The number of carbonyl (C=O) groups is 2. The van der Waals surface area contributed by atoms with Crippen LogP contribution in [0.2, 0.25) is 0 Å². The van der Waals surface area contributed by atoms with Crippen molar-refractivity contribution in [3.63, 3.8) is 0 Å². The van der Waals surface area contributed by atoms with Gasteiger partial charge in [0.2, 0.25) is 5.91 Å². The quantitative estimate of drug-likeness (QED) is 0.641. The standard InChI is InChI=1S/C19H19N5O2/c1-14(25)21-18(12-15-6-4-3-5-7-15)19(26)24(2)23-22-17-10-8-16(13-20)9-11-17/h3-11,18H,12H2,1-2H3,(H,21,25)/t18-/m0/s1. The minimum Gasteiger partial charge on any atom is -0.344 e. The molecule has 2 aromatic carbocycles. The summed E-state index contributed by atoms with van der Waals surface area (Å²) in [5, 5.41) is 20.4. The molecule has 0 saturated carbocycles. The van der Waals surface area contributed by atoms with Crippen LogP contribution in [-0.2, 0) is 16.0 Å². The van der Waals surface area contributed by atoms with Crippen LogP contribution in [0, 0.1) is 11.3 Å². The van der Waals surface area contributed by atoms with E-state index in [0.717, 1.165) is 10.6 Å². The third-order valence-electron chi connectivity index (χ3n) is 3.57. The van der Waals surface area contributed by atoms with E-state index in [2.05, 4.69) is 15.7 Å². The molecular weight excluding hydrogens is 330 g/mol. The largest absolute Gasteiger partial charge is 0.344 e. The van der Waals surface area contributed by atoms with Gasteiger partial charge in [0.05, 0.1) is 17.3 Å². The summed E-state index contributed by atoms with van der Waals surface area (Å²) in [5.41, 5.74) is 1.96. The molecule has 0 fully saturated rings. The molecule has 0 aliphatic carbocycles. The first-order valence-corrected chi connectivity index (χ1v) is 8.00. The van der Waals surface area contributed by atoms with E-state index in [1.54, 1.807) is 24.3 Å². The van der Waals surface area contributed by atoms with E-state index in [0.29, 0.717) is 17.7 Å². The maximum absolute atomic E-state index is 12.6. The third kappa shape index (κ3) is 5.53. The molecule has 0 unspecified atom stereocenters. The summed E-state index contributed by atoms with van der Waals surface area (Å²) < 4.78 is 0. The molecule has 0 radical (unpaired) electrons. The number of amides is 2. The van der Waals surface area contributed by atoms with Crippen LogP contribution in [0.25, 0.3) is 0 Å². The van der Waals surface area contributed by atoms with Crippen molar-refractivity contribution >= 4 is 17.5 Å². The second-order valence-electron chi connectivity index (χ2n) is 5.65. The highest BCUT2D eigenvalue weighted by Gasteiger charge is 2.23. The van der Waals surface area contributed by atoms with Gasteiger partial charge in [-0.05, 0) is 29.8 Å². The van der Waals surface area contributed by atoms with Crippen molar-refractivity contribution in [1.29, 1.82) is 5.26 Å². The third-order valence-corrected chi connectivity index (χ3v) is 3.57. The molecule has 0 bridgehead atoms. The molecule has 2 amide bonds. The molecule has 0 aliphatic heterocycles. The van der Waals surface area contributed by atoms with Gasteiger partial charge in [-0.25, -0.2) is 5.01 Å². The van der Waals surface area contributed by atoms with Gasteiger partial charge >= 0.3 is 0 Å². The zero-order valence-corrected chi connectivity index (χ0v) is 14.6. The van der Waals surface area contributed by atoms with Gasteiger partial charge in [0.25, 0.3) is 5.91 Å². The van der Waals surface area contributed by atoms with E-state index in [1.165, 1.54) is 14.0 Å². The fourth-order valence-electron chi connectivity index (χ4n) is 2.29. The van der Waals surface area contributed by atoms with Crippen molar-refractivity contribution in [1.82, 2.24) is 10.3 Å². The van der Waals surface area contributed by atoms with Crippen LogP contribution in [0.15, 0.2) is 64.9 Å². The lowest BCUT2D eigenvalue weighted by Crippen LogP contribution is -2.46. The van der Waals surface area contributed by atoms with E-state index in [-0.39, 0.29) is 11.8 Å². The Morgan fingerprint density at radius 2 is 1.81 bits per heavy atom. The SMILES string of the molecule is CC(=O)N[C@@H](Cc1ccccc1)C(=O)N(C)N=Nc1ccc(C#N)cc1. The summed E-state index contributed by atoms with van der Waals surface area (Å²) in [7, 11) is 1.48. The Hall–Kier alpha value is -3.53. The molecular formula is C19H19N5O2. The lowest BCUT2D eigenvalue weighted by molar-refractivity contribution is -0.135. The van der Waals surface area contributed by atoms with Crippen LogP contribution >= 0.6 is 0 Å². The van der Waals surface area contributed by atoms with Crippen LogP contribution < -0.4 is 5.32 Å². The Labute approximate surface area is 151 Å². The maximum Gasteiger partial charge on any atom is 0.266 e. The maximum atomic E-state index is 12.6. The normalized spacial score (nSPS) is 11.6. The van der Waals surface area contributed by atoms with E-state index < -0.39 is 6.04 Å². The number of nitrogens with one attached hydrogen (secondary N) is 1. The summed E-state index contributed by atoms with van der Waals surface area (Å²) in [6.45, 7) is 1.36. The molecule has 0 aromatic heterocycles. The fourth-order valence-corrected chi connectivity index (χ4v) is 2.29. The lowest BCUT2D eigenvalue weighted by atomic mass is 10.1. The van der Waals surface area contributed by atoms with E-state index in [9.17, 15) is 9.59 Å². The van der Waals surface area contributed by atoms with Crippen LogP contribution in [0.4, 0.5) is 5.69 Å². The van der Waals surface area contributed by atoms with E-state index in [4.69, 9.17) is 5.26 Å². The zero-order valence-electron chi connectivity index (χ0n) is 14.6. The van der Waals surface area contributed by atoms with Gasteiger partial charge in [-0.15, -0.1) is 5.11 Å². The van der Waals surface area contributed by atoms with Gasteiger partial charge in [-0.3, -0.25) is 9.59 Å². The number of hydrogen-bond donors (Lipinski definition) is 1. The van der Waals surface area contributed by atoms with Crippen LogP contribution in [-0.4, -0.2) is 29.9 Å². The zero-order chi connectivity index (χ0) is 18.9. The average Bonchev–Trinajstić information content (AvgIpc) is 2.66. The number of hydrogen-bond acceptors (Lipinski definition) is 5. The predicted octanol–water partition coefficient (Wildman–Crippen LogP) is 2.76. The Kier molecular flexibility index (Phi) is 6.57. The summed E-state index contributed by atoms with van der Waals surface area (Å²) in [6, 6.07) is 17.2. The second kappa shape index (κ2) is 9.08. The van der Waals surface area contributed by atoms with Gasteiger partial charge in [0.15, 0.2) is 0 Å². The number of nitrogens with zero attached hydrogens (tertiary/aromatic N) is 4. The summed E-state index contributed by atoms with van der Waals surface area (Å²) >= 11 is 0. The smallest absolute Gasteiger partial charge is 0.266 e. The van der Waals surface area contributed by atoms with Crippen LogP contribution in [0.5, 0.6) is 0 Å². The molecule has 0 spiro atoms. The molecule has 0 aliphatic rings. The van der Waals surface area contributed by atoms with Gasteiger partial charge in [-0.2, -0.15) is 5.26 Å². The van der Waals surface area contributed by atoms with E-state index >= 15 is 0 Å². The van der Waals surface area contributed by atoms with Crippen molar-refractivity contribution in [3.8, 4) is 6.07 Å². The first-order valence-electron chi connectivity index (χ1n) is 8.00. The fraction of sp³-hybridized carbons (Fsp3) is 0.211. The predicted molar refractivity (Wildman–Crippen MR) is 96.2 cm³/mol. The van der Waals surface area contributed by atoms with Gasteiger partial charge in [-0.1, -0.05) is 35.6 Å².